The first-order valence-electron chi connectivity index (χ1n) is 9.15. The first kappa shape index (κ1) is 17.2. The van der Waals surface area contributed by atoms with Crippen molar-refractivity contribution in [1.82, 2.24) is 9.55 Å². The van der Waals surface area contributed by atoms with E-state index in [4.69, 9.17) is 0 Å². The summed E-state index contributed by atoms with van der Waals surface area (Å²) in [6.07, 6.45) is 1.90. The van der Waals surface area contributed by atoms with E-state index in [2.05, 4.69) is 11.1 Å². The van der Waals surface area contributed by atoms with Crippen LogP contribution in [0.15, 0.2) is 65.5 Å². The molecule has 1 aromatic heterocycles. The normalized spacial score (nSPS) is 13.3. The van der Waals surface area contributed by atoms with E-state index < -0.39 is 0 Å². The molecule has 0 saturated carbocycles. The Kier molecular flexibility index (Phi) is 4.59. The van der Waals surface area contributed by atoms with Crippen LogP contribution in [-0.2, 0) is 17.8 Å². The zero-order valence-corrected chi connectivity index (χ0v) is 15.3. The van der Waals surface area contributed by atoms with Crippen LogP contribution in [-0.4, -0.2) is 22.0 Å². The number of rotatable bonds is 3. The van der Waals surface area contributed by atoms with Crippen molar-refractivity contribution in [2.75, 3.05) is 11.4 Å². The second kappa shape index (κ2) is 7.19. The molecule has 0 unspecified atom stereocenters. The van der Waals surface area contributed by atoms with Gasteiger partial charge in [-0.25, -0.2) is 4.98 Å². The Morgan fingerprint density at radius 3 is 2.63 bits per heavy atom. The second-order valence-electron chi connectivity index (χ2n) is 6.79. The van der Waals surface area contributed by atoms with E-state index in [0.29, 0.717) is 18.1 Å². The predicted molar refractivity (Wildman–Crippen MR) is 106 cm³/mol. The maximum Gasteiger partial charge on any atom is 0.254 e. The van der Waals surface area contributed by atoms with Crippen LogP contribution in [0.3, 0.4) is 0 Å². The Morgan fingerprint density at radius 1 is 1.07 bits per heavy atom. The summed E-state index contributed by atoms with van der Waals surface area (Å²) in [6.45, 7) is 2.44. The number of hydrogen-bond donors (Lipinski definition) is 0. The van der Waals surface area contributed by atoms with Gasteiger partial charge in [0.25, 0.3) is 5.56 Å². The monoisotopic (exact) mass is 359 g/mol. The number of carbonyl (C=O) groups excluding carboxylic acids is 1. The third-order valence-electron chi connectivity index (χ3n) is 4.87. The molecule has 0 N–H and O–H groups in total. The van der Waals surface area contributed by atoms with Crippen molar-refractivity contribution in [2.45, 2.75) is 26.3 Å². The third kappa shape index (κ3) is 3.40. The molecule has 0 fully saturated rings. The van der Waals surface area contributed by atoms with Crippen molar-refractivity contribution < 1.29 is 4.79 Å². The van der Waals surface area contributed by atoms with Crippen LogP contribution in [0.1, 0.15) is 17.7 Å². The highest BCUT2D eigenvalue weighted by Gasteiger charge is 2.23. The summed E-state index contributed by atoms with van der Waals surface area (Å²) in [5, 5.41) is 0. The molecule has 0 radical (unpaired) electrons. The summed E-state index contributed by atoms with van der Waals surface area (Å²) in [7, 11) is 0. The maximum absolute atomic E-state index is 13.1. The number of anilines is 1. The first-order valence-corrected chi connectivity index (χ1v) is 9.15. The van der Waals surface area contributed by atoms with Crippen LogP contribution in [0.5, 0.6) is 0 Å². The smallest absolute Gasteiger partial charge is 0.254 e. The van der Waals surface area contributed by atoms with Crippen molar-refractivity contribution in [1.29, 1.82) is 0 Å². The molecular formula is C22H21N3O2. The zero-order valence-electron chi connectivity index (χ0n) is 15.3. The molecule has 0 spiro atoms. The van der Waals surface area contributed by atoms with Gasteiger partial charge in [0.2, 0.25) is 5.91 Å². The zero-order chi connectivity index (χ0) is 18.8. The van der Waals surface area contributed by atoms with Crippen molar-refractivity contribution in [3.63, 3.8) is 0 Å². The Balaban J connectivity index is 1.72. The average Bonchev–Trinajstić information content (AvgIpc) is 2.70. The minimum atomic E-state index is -0.208. The van der Waals surface area contributed by atoms with Crippen molar-refractivity contribution >= 4 is 11.6 Å². The highest BCUT2D eigenvalue weighted by Crippen LogP contribution is 2.27. The largest absolute Gasteiger partial charge is 0.311 e. The standard InChI is InChI=1S/C22H21N3O2/c1-16-14-20(26)25(22(23-16)18-9-3-2-4-10-18)15-21(27)24-13-7-11-17-8-5-6-12-19(17)24/h2-6,8-10,12,14H,7,11,13,15H2,1H3. The number of benzene rings is 2. The van der Waals surface area contributed by atoms with E-state index in [0.717, 1.165) is 24.1 Å². The van der Waals surface area contributed by atoms with Crippen LogP contribution in [0.4, 0.5) is 5.69 Å². The second-order valence-corrected chi connectivity index (χ2v) is 6.79. The summed E-state index contributed by atoms with van der Waals surface area (Å²) in [4.78, 5) is 32.1. The van der Waals surface area contributed by atoms with Gasteiger partial charge in [0, 0.05) is 29.6 Å². The number of amides is 1. The summed E-state index contributed by atoms with van der Waals surface area (Å²) < 4.78 is 1.47. The number of carbonyl (C=O) groups is 1. The van der Waals surface area contributed by atoms with Crippen LogP contribution in [0, 0.1) is 6.92 Å². The molecule has 2 aromatic carbocycles. The Hall–Kier alpha value is -3.21. The van der Waals surface area contributed by atoms with Crippen LogP contribution in [0.25, 0.3) is 11.4 Å². The number of para-hydroxylation sites is 1. The SMILES string of the molecule is Cc1cc(=O)n(CC(=O)N2CCCc3ccccc32)c(-c2ccccc2)n1. The lowest BCUT2D eigenvalue weighted by Crippen LogP contribution is -2.40. The summed E-state index contributed by atoms with van der Waals surface area (Å²) in [6, 6.07) is 19.0. The molecule has 1 aliphatic rings. The molecular weight excluding hydrogens is 338 g/mol. The van der Waals surface area contributed by atoms with Crippen LogP contribution < -0.4 is 10.5 Å². The Bertz CT molecular complexity index is 1040. The highest BCUT2D eigenvalue weighted by molar-refractivity contribution is 5.94. The van der Waals surface area contributed by atoms with Gasteiger partial charge >= 0.3 is 0 Å². The van der Waals surface area contributed by atoms with Crippen molar-refractivity contribution in [3.8, 4) is 11.4 Å². The topological polar surface area (TPSA) is 55.2 Å². The lowest BCUT2D eigenvalue weighted by Gasteiger charge is -2.30. The lowest BCUT2D eigenvalue weighted by molar-refractivity contribution is -0.119. The van der Waals surface area contributed by atoms with Gasteiger partial charge in [0.15, 0.2) is 0 Å². The minimum absolute atomic E-state index is 0.0231. The van der Waals surface area contributed by atoms with Gasteiger partial charge in [-0.15, -0.1) is 0 Å². The summed E-state index contributed by atoms with van der Waals surface area (Å²) >= 11 is 0. The number of aromatic nitrogens is 2. The van der Waals surface area contributed by atoms with E-state index in [1.165, 1.54) is 16.2 Å². The number of fused-ring (bicyclic) bond motifs is 1. The molecule has 136 valence electrons. The van der Waals surface area contributed by atoms with Gasteiger partial charge < -0.3 is 4.90 Å². The Morgan fingerprint density at radius 2 is 1.81 bits per heavy atom. The van der Waals surface area contributed by atoms with Crippen molar-refractivity contribution in [2.24, 2.45) is 0 Å². The molecule has 27 heavy (non-hydrogen) atoms. The molecule has 5 heteroatoms. The molecule has 0 atom stereocenters. The molecule has 1 aliphatic heterocycles. The lowest BCUT2D eigenvalue weighted by atomic mass is 10.0. The molecule has 1 amide bonds. The van der Waals surface area contributed by atoms with Gasteiger partial charge in [-0.3, -0.25) is 14.2 Å². The highest BCUT2D eigenvalue weighted by atomic mass is 16.2. The van der Waals surface area contributed by atoms with E-state index in [9.17, 15) is 9.59 Å². The predicted octanol–water partition coefficient (Wildman–Crippen LogP) is 3.20. The number of hydrogen-bond acceptors (Lipinski definition) is 3. The fourth-order valence-corrected chi connectivity index (χ4v) is 3.59. The molecule has 2 heterocycles. The maximum atomic E-state index is 13.1. The van der Waals surface area contributed by atoms with Gasteiger partial charge in [-0.05, 0) is 31.4 Å². The van der Waals surface area contributed by atoms with Gasteiger partial charge in [-0.1, -0.05) is 48.5 Å². The van der Waals surface area contributed by atoms with Gasteiger partial charge in [0.05, 0.1) is 0 Å². The van der Waals surface area contributed by atoms with Crippen LogP contribution in [0.2, 0.25) is 0 Å². The molecule has 0 saturated heterocycles. The fraction of sp³-hybridized carbons (Fsp3) is 0.227. The molecule has 4 rings (SSSR count). The van der Waals surface area contributed by atoms with Crippen molar-refractivity contribution in [3.05, 3.63) is 82.3 Å². The Labute approximate surface area is 157 Å². The molecule has 3 aromatic rings. The fourth-order valence-electron chi connectivity index (χ4n) is 3.59. The van der Waals surface area contributed by atoms with Gasteiger partial charge in [-0.2, -0.15) is 0 Å². The average molecular weight is 359 g/mol. The number of nitrogens with zero attached hydrogens (tertiary/aromatic N) is 3. The first-order chi connectivity index (χ1) is 13.1. The number of aryl methyl sites for hydroxylation is 2. The van der Waals surface area contributed by atoms with E-state index >= 15 is 0 Å². The van der Waals surface area contributed by atoms with Gasteiger partial charge in [0.1, 0.15) is 12.4 Å². The van der Waals surface area contributed by atoms with E-state index in [1.54, 1.807) is 11.8 Å². The summed E-state index contributed by atoms with van der Waals surface area (Å²) in [5.74, 6) is 0.436. The molecule has 0 aliphatic carbocycles. The third-order valence-corrected chi connectivity index (χ3v) is 4.87. The van der Waals surface area contributed by atoms with Crippen LogP contribution >= 0.6 is 0 Å². The van der Waals surface area contributed by atoms with E-state index in [-0.39, 0.29) is 18.0 Å². The van der Waals surface area contributed by atoms with E-state index in [1.807, 2.05) is 48.5 Å². The quantitative estimate of drug-likeness (QED) is 0.722. The molecule has 0 bridgehead atoms. The summed E-state index contributed by atoms with van der Waals surface area (Å²) in [5.41, 5.74) is 3.38. The molecule has 5 nitrogen and oxygen atoms in total. The minimum Gasteiger partial charge on any atom is -0.311 e.